The summed E-state index contributed by atoms with van der Waals surface area (Å²) in [6, 6.07) is 6.30. The van der Waals surface area contributed by atoms with Gasteiger partial charge in [0, 0.05) is 28.8 Å². The number of hydrogen-bond donors (Lipinski definition) is 2. The predicted molar refractivity (Wildman–Crippen MR) is 92.0 cm³/mol. The number of nitrogens with two attached hydrogens (primary N) is 2. The van der Waals surface area contributed by atoms with Crippen LogP contribution in [0, 0.1) is 18.8 Å². The molecule has 4 N–H and O–H groups in total. The summed E-state index contributed by atoms with van der Waals surface area (Å²) in [5.74, 6) is 1.26. The van der Waals surface area contributed by atoms with Gasteiger partial charge in [0.05, 0.1) is 5.52 Å². The van der Waals surface area contributed by atoms with E-state index in [1.807, 2.05) is 0 Å². The van der Waals surface area contributed by atoms with E-state index in [1.165, 1.54) is 23.2 Å². The average molecular weight is 309 g/mol. The van der Waals surface area contributed by atoms with Crippen LogP contribution < -0.4 is 11.5 Å². The minimum absolute atomic E-state index is 0.185. The van der Waals surface area contributed by atoms with Gasteiger partial charge >= 0.3 is 0 Å². The smallest absolute Gasteiger partial charge is 0.217 e. The Hall–Kier alpha value is -2.10. The second kappa shape index (κ2) is 5.22. The number of aryl methyl sites for hydroxylation is 1. The third-order valence-electron chi connectivity index (χ3n) is 5.58. The van der Waals surface area contributed by atoms with Gasteiger partial charge in [-0.3, -0.25) is 9.78 Å². The molecule has 2 aliphatic carbocycles. The Morgan fingerprint density at radius 3 is 2.91 bits per heavy atom. The van der Waals surface area contributed by atoms with E-state index >= 15 is 0 Å². The lowest BCUT2D eigenvalue weighted by atomic mass is 9.65. The highest BCUT2D eigenvalue weighted by molar-refractivity contribution is 5.93. The normalized spacial score (nSPS) is 26.0. The van der Waals surface area contributed by atoms with Crippen molar-refractivity contribution in [3.8, 4) is 0 Å². The Morgan fingerprint density at radius 2 is 2.13 bits per heavy atom. The zero-order chi connectivity index (χ0) is 16.1. The molecule has 1 heterocycles. The van der Waals surface area contributed by atoms with Crippen molar-refractivity contribution in [3.05, 3.63) is 35.0 Å². The zero-order valence-electron chi connectivity index (χ0n) is 13.5. The van der Waals surface area contributed by atoms with E-state index in [0.29, 0.717) is 24.2 Å². The van der Waals surface area contributed by atoms with E-state index in [9.17, 15) is 4.79 Å². The van der Waals surface area contributed by atoms with Gasteiger partial charge in [-0.15, -0.1) is 0 Å². The van der Waals surface area contributed by atoms with Crippen LogP contribution in [0.2, 0.25) is 0 Å². The van der Waals surface area contributed by atoms with Gasteiger partial charge in [-0.2, -0.15) is 0 Å². The van der Waals surface area contributed by atoms with Crippen molar-refractivity contribution in [2.75, 3.05) is 5.73 Å². The van der Waals surface area contributed by atoms with Gasteiger partial charge in [-0.1, -0.05) is 12.1 Å². The number of nitrogens with zero attached hydrogens (tertiary/aromatic N) is 1. The van der Waals surface area contributed by atoms with Gasteiger partial charge < -0.3 is 11.5 Å². The summed E-state index contributed by atoms with van der Waals surface area (Å²) in [5.41, 5.74) is 17.5. The van der Waals surface area contributed by atoms with E-state index in [0.717, 1.165) is 35.9 Å². The molecule has 3 atom stereocenters. The summed E-state index contributed by atoms with van der Waals surface area (Å²) in [6.45, 7) is 2.08. The van der Waals surface area contributed by atoms with Crippen LogP contribution in [0.1, 0.15) is 48.4 Å². The number of fused-ring (bicyclic) bond motifs is 5. The molecule has 0 aliphatic heterocycles. The maximum absolute atomic E-state index is 11.3. The SMILES string of the molecule is Cc1ccc2c(N)c3c(nc2c1)CC1CC(CC(N)=O)CC3C1. The van der Waals surface area contributed by atoms with Gasteiger partial charge in [0.1, 0.15) is 0 Å². The van der Waals surface area contributed by atoms with Crippen LogP contribution in [0.25, 0.3) is 10.9 Å². The molecular formula is C19H23N3O. The molecule has 2 aromatic rings. The monoisotopic (exact) mass is 309 g/mol. The summed E-state index contributed by atoms with van der Waals surface area (Å²) in [7, 11) is 0. The first-order valence-electron chi connectivity index (χ1n) is 8.48. The number of carbonyl (C=O) groups is 1. The van der Waals surface area contributed by atoms with Crippen molar-refractivity contribution < 1.29 is 4.79 Å². The van der Waals surface area contributed by atoms with Crippen LogP contribution >= 0.6 is 0 Å². The molecule has 1 aromatic carbocycles. The van der Waals surface area contributed by atoms with Crippen LogP contribution in [0.4, 0.5) is 5.69 Å². The maximum atomic E-state index is 11.3. The van der Waals surface area contributed by atoms with E-state index in [-0.39, 0.29) is 5.91 Å². The number of carbonyl (C=O) groups excluding carboxylic acids is 1. The van der Waals surface area contributed by atoms with Crippen molar-refractivity contribution in [1.29, 1.82) is 0 Å². The molecule has 23 heavy (non-hydrogen) atoms. The Balaban J connectivity index is 1.79. The fraction of sp³-hybridized carbons (Fsp3) is 0.474. The summed E-state index contributed by atoms with van der Waals surface area (Å²) >= 11 is 0. The van der Waals surface area contributed by atoms with Gasteiger partial charge in [-0.05, 0) is 62.0 Å². The van der Waals surface area contributed by atoms with Gasteiger partial charge in [-0.25, -0.2) is 0 Å². The number of aromatic nitrogens is 1. The second-order valence-electron chi connectivity index (χ2n) is 7.42. The van der Waals surface area contributed by atoms with Crippen molar-refractivity contribution in [2.24, 2.45) is 17.6 Å². The number of rotatable bonds is 2. The third-order valence-corrected chi connectivity index (χ3v) is 5.58. The van der Waals surface area contributed by atoms with E-state index in [4.69, 9.17) is 16.5 Å². The summed E-state index contributed by atoms with van der Waals surface area (Å²) in [6.07, 6.45) is 4.76. The number of nitrogen functional groups attached to an aromatic ring is 1. The van der Waals surface area contributed by atoms with Crippen LogP contribution in [0.5, 0.6) is 0 Å². The van der Waals surface area contributed by atoms with Crippen LogP contribution in [-0.2, 0) is 11.2 Å². The predicted octanol–water partition coefficient (Wildman–Crippen LogP) is 3.06. The molecule has 4 heteroatoms. The van der Waals surface area contributed by atoms with Crippen LogP contribution in [0.3, 0.4) is 0 Å². The molecule has 120 valence electrons. The summed E-state index contributed by atoms with van der Waals surface area (Å²) in [5, 5.41) is 1.06. The molecule has 0 radical (unpaired) electrons. The van der Waals surface area contributed by atoms with Crippen LogP contribution in [-0.4, -0.2) is 10.9 Å². The number of hydrogen-bond acceptors (Lipinski definition) is 3. The minimum Gasteiger partial charge on any atom is -0.398 e. The van der Waals surface area contributed by atoms with E-state index in [2.05, 4.69) is 25.1 Å². The Morgan fingerprint density at radius 1 is 1.30 bits per heavy atom. The summed E-state index contributed by atoms with van der Waals surface area (Å²) in [4.78, 5) is 16.2. The highest BCUT2D eigenvalue weighted by Crippen LogP contribution is 2.49. The lowest BCUT2D eigenvalue weighted by molar-refractivity contribution is -0.119. The highest BCUT2D eigenvalue weighted by atomic mass is 16.1. The molecule has 0 saturated heterocycles. The molecule has 3 unspecified atom stereocenters. The van der Waals surface area contributed by atoms with Gasteiger partial charge in [0.15, 0.2) is 0 Å². The fourth-order valence-electron chi connectivity index (χ4n) is 4.77. The standard InChI is InChI=1S/C19H23N3O/c1-10-2-3-14-15(4-10)22-16-8-11-5-12(9-17(20)23)7-13(6-11)18(16)19(14)21/h2-4,11-13H,5-9H2,1H3,(H2,20,23)(H2,21,22). The number of amides is 1. The van der Waals surface area contributed by atoms with Crippen LogP contribution in [0.15, 0.2) is 18.2 Å². The number of benzene rings is 1. The molecule has 1 fully saturated rings. The molecule has 1 aromatic heterocycles. The van der Waals surface area contributed by atoms with Crippen molar-refractivity contribution in [2.45, 2.75) is 44.9 Å². The number of anilines is 1. The molecule has 1 saturated carbocycles. The van der Waals surface area contributed by atoms with Gasteiger partial charge in [0.2, 0.25) is 5.91 Å². The maximum Gasteiger partial charge on any atom is 0.217 e. The first-order valence-corrected chi connectivity index (χ1v) is 8.48. The number of primary amides is 1. The van der Waals surface area contributed by atoms with E-state index in [1.54, 1.807) is 0 Å². The molecule has 2 aliphatic rings. The van der Waals surface area contributed by atoms with Crippen molar-refractivity contribution >= 4 is 22.5 Å². The molecular weight excluding hydrogens is 286 g/mol. The first kappa shape index (κ1) is 14.5. The van der Waals surface area contributed by atoms with E-state index < -0.39 is 0 Å². The fourth-order valence-corrected chi connectivity index (χ4v) is 4.77. The molecule has 0 spiro atoms. The molecule has 1 amide bonds. The number of pyridine rings is 1. The van der Waals surface area contributed by atoms with Crippen molar-refractivity contribution in [3.63, 3.8) is 0 Å². The average Bonchev–Trinajstić information content (AvgIpc) is 2.45. The zero-order valence-corrected chi connectivity index (χ0v) is 13.5. The Labute approximate surface area is 136 Å². The van der Waals surface area contributed by atoms with Gasteiger partial charge in [0.25, 0.3) is 0 Å². The molecule has 4 nitrogen and oxygen atoms in total. The minimum atomic E-state index is -0.185. The Kier molecular flexibility index (Phi) is 3.29. The second-order valence-corrected chi connectivity index (χ2v) is 7.42. The molecule has 4 rings (SSSR count). The van der Waals surface area contributed by atoms with Crippen molar-refractivity contribution in [1.82, 2.24) is 4.98 Å². The lowest BCUT2D eigenvalue weighted by Crippen LogP contribution is -2.31. The quantitative estimate of drug-likeness (QED) is 0.894. The topological polar surface area (TPSA) is 82.0 Å². The lowest BCUT2D eigenvalue weighted by Gasteiger charge is -2.40. The summed E-state index contributed by atoms with van der Waals surface area (Å²) < 4.78 is 0. The molecule has 2 bridgehead atoms. The third kappa shape index (κ3) is 2.46. The first-order chi connectivity index (χ1) is 11.0. The highest BCUT2D eigenvalue weighted by Gasteiger charge is 2.37. The Bertz CT molecular complexity index is 799. The largest absolute Gasteiger partial charge is 0.398 e.